The number of rotatable bonds is 3. The van der Waals surface area contributed by atoms with Gasteiger partial charge in [0.2, 0.25) is 5.89 Å². The maximum absolute atomic E-state index is 12.8. The van der Waals surface area contributed by atoms with Crippen molar-refractivity contribution in [1.29, 1.82) is 0 Å². The number of amides is 1. The van der Waals surface area contributed by atoms with Crippen molar-refractivity contribution in [3.8, 4) is 0 Å². The van der Waals surface area contributed by atoms with Crippen LogP contribution in [-0.2, 0) is 13.5 Å². The Morgan fingerprint density at radius 1 is 1.50 bits per heavy atom. The minimum absolute atomic E-state index is 0.0753. The van der Waals surface area contributed by atoms with Gasteiger partial charge in [0.15, 0.2) is 5.82 Å². The molecular weight excluding hydrogens is 306 g/mol. The Hall–Kier alpha value is -1.89. The second kappa shape index (κ2) is 5.72. The maximum Gasteiger partial charge on any atom is 0.258 e. The number of carbonyl (C=O) groups is 1. The van der Waals surface area contributed by atoms with Gasteiger partial charge in [-0.25, -0.2) is 0 Å². The fraction of sp³-hybridized carbons (Fsp3) is 0.571. The third-order valence-corrected chi connectivity index (χ3v) is 4.40. The molecule has 1 saturated heterocycles. The number of nitrogens with zero attached hydrogens (tertiary/aromatic N) is 5. The first-order valence-corrected chi connectivity index (χ1v) is 7.69. The van der Waals surface area contributed by atoms with E-state index in [0.29, 0.717) is 41.9 Å². The Bertz CT molecular complexity index is 708. The van der Waals surface area contributed by atoms with Crippen LogP contribution in [0.5, 0.6) is 0 Å². The van der Waals surface area contributed by atoms with Crippen molar-refractivity contribution in [2.24, 2.45) is 7.05 Å². The second-order valence-corrected chi connectivity index (χ2v) is 5.86. The zero-order valence-electron chi connectivity index (χ0n) is 12.8. The molecule has 118 valence electrons. The van der Waals surface area contributed by atoms with Gasteiger partial charge in [0.1, 0.15) is 5.15 Å². The normalized spacial score (nSPS) is 18.2. The van der Waals surface area contributed by atoms with E-state index < -0.39 is 0 Å². The van der Waals surface area contributed by atoms with Crippen LogP contribution in [0.1, 0.15) is 47.0 Å². The number of hydrogen-bond acceptors (Lipinski definition) is 5. The van der Waals surface area contributed by atoms with E-state index in [1.807, 2.05) is 6.92 Å². The first kappa shape index (κ1) is 15.0. The average molecular weight is 324 g/mol. The quantitative estimate of drug-likeness (QED) is 0.863. The van der Waals surface area contributed by atoms with Crippen molar-refractivity contribution in [3.05, 3.63) is 28.1 Å². The van der Waals surface area contributed by atoms with Crippen molar-refractivity contribution in [1.82, 2.24) is 24.8 Å². The van der Waals surface area contributed by atoms with Crippen molar-refractivity contribution in [3.63, 3.8) is 0 Å². The summed E-state index contributed by atoms with van der Waals surface area (Å²) in [5.74, 6) is 1.23. The van der Waals surface area contributed by atoms with Gasteiger partial charge in [-0.05, 0) is 19.8 Å². The van der Waals surface area contributed by atoms with Crippen molar-refractivity contribution in [2.45, 2.75) is 32.6 Å². The summed E-state index contributed by atoms with van der Waals surface area (Å²) < 4.78 is 6.76. The molecule has 2 aromatic heterocycles. The molecule has 3 heterocycles. The summed E-state index contributed by atoms with van der Waals surface area (Å²) in [6.07, 6.45) is 1.48. The molecule has 0 radical (unpaired) electrons. The summed E-state index contributed by atoms with van der Waals surface area (Å²) in [4.78, 5) is 18.8. The van der Waals surface area contributed by atoms with Gasteiger partial charge in [-0.15, -0.1) is 0 Å². The summed E-state index contributed by atoms with van der Waals surface area (Å²) in [6, 6.07) is 0. The van der Waals surface area contributed by atoms with Crippen LogP contribution in [0.15, 0.2) is 4.52 Å². The third-order valence-electron chi connectivity index (χ3n) is 3.97. The Kier molecular flexibility index (Phi) is 3.90. The second-order valence-electron chi connectivity index (χ2n) is 5.51. The van der Waals surface area contributed by atoms with E-state index in [1.165, 1.54) is 0 Å². The number of likely N-dealkylation sites (tertiary alicyclic amines) is 1. The molecule has 0 aliphatic carbocycles. The van der Waals surface area contributed by atoms with E-state index in [1.54, 1.807) is 23.6 Å². The molecule has 0 bridgehead atoms. The monoisotopic (exact) mass is 323 g/mol. The predicted molar refractivity (Wildman–Crippen MR) is 79.9 cm³/mol. The molecule has 0 saturated carbocycles. The highest BCUT2D eigenvalue weighted by molar-refractivity contribution is 6.33. The molecule has 1 atom stereocenters. The standard InChI is InChI=1S/C14H18ClN5O2/c1-4-10-11(12(15)19(3)17-10)14(21)20-6-5-9(7-20)13-16-8(2)18-22-13/h9H,4-7H2,1-3H3. The van der Waals surface area contributed by atoms with Crippen LogP contribution in [0, 0.1) is 6.92 Å². The smallest absolute Gasteiger partial charge is 0.258 e. The van der Waals surface area contributed by atoms with Crippen LogP contribution < -0.4 is 0 Å². The largest absolute Gasteiger partial charge is 0.339 e. The van der Waals surface area contributed by atoms with E-state index in [4.69, 9.17) is 16.1 Å². The van der Waals surface area contributed by atoms with Crippen molar-refractivity contribution < 1.29 is 9.32 Å². The molecule has 1 fully saturated rings. The Balaban J connectivity index is 1.80. The number of aromatic nitrogens is 4. The minimum atomic E-state index is -0.0753. The lowest BCUT2D eigenvalue weighted by atomic mass is 10.1. The van der Waals surface area contributed by atoms with E-state index in [-0.39, 0.29) is 11.8 Å². The number of hydrogen-bond donors (Lipinski definition) is 0. The van der Waals surface area contributed by atoms with E-state index in [2.05, 4.69) is 15.2 Å². The predicted octanol–water partition coefficient (Wildman–Crippen LogP) is 1.96. The molecule has 0 aromatic carbocycles. The van der Waals surface area contributed by atoms with Crippen LogP contribution in [0.2, 0.25) is 5.15 Å². The lowest BCUT2D eigenvalue weighted by Gasteiger charge is -2.15. The zero-order valence-corrected chi connectivity index (χ0v) is 13.6. The van der Waals surface area contributed by atoms with Gasteiger partial charge in [-0.1, -0.05) is 23.7 Å². The lowest BCUT2D eigenvalue weighted by Crippen LogP contribution is -2.29. The Labute approximate surface area is 133 Å². The topological polar surface area (TPSA) is 77.1 Å². The molecular formula is C14H18ClN5O2. The Morgan fingerprint density at radius 3 is 2.91 bits per heavy atom. The number of halogens is 1. The van der Waals surface area contributed by atoms with Gasteiger partial charge >= 0.3 is 0 Å². The number of aryl methyl sites for hydroxylation is 3. The lowest BCUT2D eigenvalue weighted by molar-refractivity contribution is 0.0788. The SMILES string of the molecule is CCc1nn(C)c(Cl)c1C(=O)N1CCC(c2nc(C)no2)C1. The van der Waals surface area contributed by atoms with Crippen LogP contribution in [0.3, 0.4) is 0 Å². The first-order chi connectivity index (χ1) is 10.5. The molecule has 0 spiro atoms. The van der Waals surface area contributed by atoms with E-state index >= 15 is 0 Å². The molecule has 7 nitrogen and oxygen atoms in total. The van der Waals surface area contributed by atoms with Crippen LogP contribution in [0.4, 0.5) is 0 Å². The first-order valence-electron chi connectivity index (χ1n) is 7.32. The molecule has 1 unspecified atom stereocenters. The van der Waals surface area contributed by atoms with Gasteiger partial charge in [-0.2, -0.15) is 10.1 Å². The molecule has 22 heavy (non-hydrogen) atoms. The number of carbonyl (C=O) groups excluding carboxylic acids is 1. The van der Waals surface area contributed by atoms with Gasteiger partial charge in [0.25, 0.3) is 5.91 Å². The summed E-state index contributed by atoms with van der Waals surface area (Å²) in [5.41, 5.74) is 1.24. The molecule has 0 N–H and O–H groups in total. The minimum Gasteiger partial charge on any atom is -0.339 e. The van der Waals surface area contributed by atoms with Crippen LogP contribution in [0.25, 0.3) is 0 Å². The van der Waals surface area contributed by atoms with Gasteiger partial charge in [0.05, 0.1) is 17.2 Å². The summed E-state index contributed by atoms with van der Waals surface area (Å²) >= 11 is 6.23. The highest BCUT2D eigenvalue weighted by Crippen LogP contribution is 2.29. The molecule has 8 heteroatoms. The molecule has 1 aliphatic heterocycles. The van der Waals surface area contributed by atoms with Gasteiger partial charge < -0.3 is 9.42 Å². The zero-order chi connectivity index (χ0) is 15.9. The fourth-order valence-corrected chi connectivity index (χ4v) is 3.03. The van der Waals surface area contributed by atoms with Crippen LogP contribution in [-0.4, -0.2) is 43.8 Å². The maximum atomic E-state index is 12.8. The van der Waals surface area contributed by atoms with E-state index in [0.717, 1.165) is 12.1 Å². The van der Waals surface area contributed by atoms with E-state index in [9.17, 15) is 4.79 Å². The molecule has 1 aliphatic rings. The highest BCUT2D eigenvalue weighted by Gasteiger charge is 2.34. The Morgan fingerprint density at radius 2 is 2.27 bits per heavy atom. The van der Waals surface area contributed by atoms with Gasteiger partial charge in [0, 0.05) is 20.1 Å². The van der Waals surface area contributed by atoms with Gasteiger partial charge in [-0.3, -0.25) is 9.48 Å². The van der Waals surface area contributed by atoms with Crippen molar-refractivity contribution >= 4 is 17.5 Å². The summed E-state index contributed by atoms with van der Waals surface area (Å²) in [5, 5.41) is 8.50. The average Bonchev–Trinajstić information content (AvgIpc) is 3.19. The third kappa shape index (κ3) is 2.49. The highest BCUT2D eigenvalue weighted by atomic mass is 35.5. The fourth-order valence-electron chi connectivity index (χ4n) is 2.80. The molecule has 1 amide bonds. The summed E-state index contributed by atoms with van der Waals surface area (Å²) in [6.45, 7) is 4.96. The molecule has 3 rings (SSSR count). The van der Waals surface area contributed by atoms with Crippen molar-refractivity contribution in [2.75, 3.05) is 13.1 Å². The molecule has 2 aromatic rings. The summed E-state index contributed by atoms with van der Waals surface area (Å²) in [7, 11) is 1.74. The van der Waals surface area contributed by atoms with Crippen LogP contribution >= 0.6 is 11.6 Å².